The number of methoxy groups -OCH3 is 1. The van der Waals surface area contributed by atoms with Crippen molar-refractivity contribution in [2.45, 2.75) is 0 Å². The Bertz CT molecular complexity index is 1260. The Morgan fingerprint density at radius 2 is 1.82 bits per heavy atom. The molecule has 7 heteroatoms. The van der Waals surface area contributed by atoms with Crippen molar-refractivity contribution >= 4 is 28.5 Å². The van der Waals surface area contributed by atoms with Crippen molar-refractivity contribution in [2.75, 3.05) is 7.11 Å². The van der Waals surface area contributed by atoms with Crippen molar-refractivity contribution in [3.63, 3.8) is 0 Å². The molecule has 0 saturated carbocycles. The number of halogens is 1. The van der Waals surface area contributed by atoms with Gasteiger partial charge in [-0.2, -0.15) is 0 Å². The molecule has 4 rings (SSSR count). The number of fused-ring (bicyclic) bond motifs is 2. The zero-order chi connectivity index (χ0) is 20.0. The highest BCUT2D eigenvalue weighted by Gasteiger charge is 2.22. The van der Waals surface area contributed by atoms with E-state index in [-0.39, 0.29) is 33.1 Å². The summed E-state index contributed by atoms with van der Waals surface area (Å²) in [6.07, 6.45) is 0. The smallest absolute Gasteiger partial charge is 0.335 e. The molecule has 28 heavy (non-hydrogen) atoms. The predicted octanol–water partition coefficient (Wildman–Crippen LogP) is 4.63. The third-order valence-electron chi connectivity index (χ3n) is 4.50. The van der Waals surface area contributed by atoms with Crippen molar-refractivity contribution in [2.24, 2.45) is 0 Å². The number of benzene rings is 3. The van der Waals surface area contributed by atoms with Gasteiger partial charge in [-0.05, 0) is 35.9 Å². The first-order valence-electron chi connectivity index (χ1n) is 8.20. The molecule has 1 aliphatic carbocycles. The lowest BCUT2D eigenvalue weighted by molar-refractivity contribution is 0.0697. The van der Waals surface area contributed by atoms with Crippen LogP contribution in [0.25, 0.3) is 33.4 Å². The van der Waals surface area contributed by atoms with Crippen LogP contribution in [-0.2, 0) is 0 Å². The number of carboxylic acid groups (broad SMARTS) is 1. The molecule has 0 amide bonds. The highest BCUT2D eigenvalue weighted by Crippen LogP contribution is 2.47. The van der Waals surface area contributed by atoms with Crippen LogP contribution in [0.15, 0.2) is 57.7 Å². The molecule has 0 saturated heterocycles. The second-order valence-corrected chi connectivity index (χ2v) is 6.51. The van der Waals surface area contributed by atoms with Gasteiger partial charge >= 0.3 is 5.97 Å². The number of hydrogen-bond donors (Lipinski definition) is 2. The summed E-state index contributed by atoms with van der Waals surface area (Å²) >= 11 is 6.30. The average molecular weight is 397 g/mol. The topological polar surface area (TPSA) is 97.0 Å². The summed E-state index contributed by atoms with van der Waals surface area (Å²) in [5.41, 5.74) is 2.10. The SMILES string of the molecule is COc1cc2c(-c3ccc(C(=O)O)cc3)c3ccc(=O)cc-3oc2c(Cl)c1O. The molecular weight excluding hydrogens is 384 g/mol. The van der Waals surface area contributed by atoms with Gasteiger partial charge in [-0.15, -0.1) is 0 Å². The van der Waals surface area contributed by atoms with Crippen LogP contribution in [0, 0.1) is 0 Å². The quantitative estimate of drug-likeness (QED) is 0.490. The normalized spacial score (nSPS) is 11.1. The summed E-state index contributed by atoms with van der Waals surface area (Å²) in [5, 5.41) is 19.9. The summed E-state index contributed by atoms with van der Waals surface area (Å²) in [5.74, 6) is -0.847. The number of rotatable bonds is 3. The molecule has 0 atom stereocenters. The molecule has 2 N–H and O–H groups in total. The molecule has 0 spiro atoms. The van der Waals surface area contributed by atoms with Crippen molar-refractivity contribution in [1.29, 1.82) is 0 Å². The van der Waals surface area contributed by atoms with Gasteiger partial charge in [0.25, 0.3) is 0 Å². The molecule has 2 aromatic rings. The maximum Gasteiger partial charge on any atom is 0.335 e. The van der Waals surface area contributed by atoms with E-state index in [0.29, 0.717) is 27.8 Å². The fraction of sp³-hybridized carbons (Fsp3) is 0.0476. The van der Waals surface area contributed by atoms with Gasteiger partial charge in [0.2, 0.25) is 0 Å². The maximum absolute atomic E-state index is 11.8. The Labute approximate surface area is 163 Å². The molecule has 0 radical (unpaired) electrons. The van der Waals surface area contributed by atoms with Crippen LogP contribution in [0.4, 0.5) is 0 Å². The van der Waals surface area contributed by atoms with Gasteiger partial charge in [-0.1, -0.05) is 23.7 Å². The molecule has 6 nitrogen and oxygen atoms in total. The van der Waals surface area contributed by atoms with E-state index in [1.807, 2.05) is 0 Å². The molecule has 1 heterocycles. The number of phenols is 1. The van der Waals surface area contributed by atoms with Gasteiger partial charge in [0.05, 0.1) is 12.7 Å². The van der Waals surface area contributed by atoms with E-state index >= 15 is 0 Å². The predicted molar refractivity (Wildman–Crippen MR) is 105 cm³/mol. The van der Waals surface area contributed by atoms with Gasteiger partial charge in [0, 0.05) is 22.6 Å². The van der Waals surface area contributed by atoms with E-state index in [1.165, 1.54) is 31.4 Å². The molecular formula is C21H13ClO6. The third-order valence-corrected chi connectivity index (χ3v) is 4.86. The standard InChI is InChI=1S/C21H13ClO6/c1-27-16-9-14-17(10-2-4-11(5-3-10)21(25)26)13-7-6-12(23)8-15(13)28-20(14)18(22)19(16)24/h2-9,24H,1H3,(H,25,26). The van der Waals surface area contributed by atoms with Crippen LogP contribution < -0.4 is 10.2 Å². The largest absolute Gasteiger partial charge is 0.503 e. The number of ether oxygens (including phenoxy) is 1. The van der Waals surface area contributed by atoms with E-state index in [1.54, 1.807) is 24.3 Å². The maximum atomic E-state index is 11.8. The molecule has 1 aliphatic heterocycles. The molecule has 0 aromatic heterocycles. The first-order valence-corrected chi connectivity index (χ1v) is 8.58. The first kappa shape index (κ1) is 17.9. The van der Waals surface area contributed by atoms with E-state index in [9.17, 15) is 14.7 Å². The Kier molecular flexibility index (Phi) is 4.20. The van der Waals surface area contributed by atoms with E-state index in [2.05, 4.69) is 0 Å². The van der Waals surface area contributed by atoms with Crippen LogP contribution in [0.1, 0.15) is 10.4 Å². The minimum atomic E-state index is -1.03. The Balaban J connectivity index is 2.16. The van der Waals surface area contributed by atoms with E-state index in [4.69, 9.17) is 25.9 Å². The van der Waals surface area contributed by atoms with Gasteiger partial charge in [0.15, 0.2) is 22.5 Å². The van der Waals surface area contributed by atoms with Crippen LogP contribution in [0.2, 0.25) is 5.02 Å². The summed E-state index contributed by atoms with van der Waals surface area (Å²) in [6, 6.07) is 12.3. The van der Waals surface area contributed by atoms with Crippen molar-refractivity contribution in [1.82, 2.24) is 0 Å². The Hall–Kier alpha value is -3.51. The van der Waals surface area contributed by atoms with Crippen molar-refractivity contribution in [3.8, 4) is 33.9 Å². The molecule has 0 unspecified atom stereocenters. The highest BCUT2D eigenvalue weighted by atomic mass is 35.5. The number of carbonyl (C=O) groups is 1. The lowest BCUT2D eigenvalue weighted by atomic mass is 9.93. The molecule has 0 bridgehead atoms. The molecule has 0 fully saturated rings. The highest BCUT2D eigenvalue weighted by molar-refractivity contribution is 6.37. The number of phenolic OH excluding ortho intramolecular Hbond substituents is 1. The fourth-order valence-corrected chi connectivity index (χ4v) is 3.41. The summed E-state index contributed by atoms with van der Waals surface area (Å²) in [6.45, 7) is 0. The lowest BCUT2D eigenvalue weighted by Gasteiger charge is -2.17. The van der Waals surface area contributed by atoms with Gasteiger partial charge in [-0.3, -0.25) is 4.79 Å². The molecule has 2 aliphatic rings. The Morgan fingerprint density at radius 3 is 2.46 bits per heavy atom. The minimum Gasteiger partial charge on any atom is -0.503 e. The van der Waals surface area contributed by atoms with Crippen molar-refractivity contribution in [3.05, 3.63) is 69.3 Å². The van der Waals surface area contributed by atoms with Gasteiger partial charge < -0.3 is 19.4 Å². The van der Waals surface area contributed by atoms with Crippen LogP contribution in [0.5, 0.6) is 11.5 Å². The zero-order valence-electron chi connectivity index (χ0n) is 14.5. The van der Waals surface area contributed by atoms with Gasteiger partial charge in [-0.25, -0.2) is 4.79 Å². The lowest BCUT2D eigenvalue weighted by Crippen LogP contribution is -2.00. The molecule has 140 valence electrons. The zero-order valence-corrected chi connectivity index (χ0v) is 15.3. The molecule has 2 aromatic carbocycles. The second kappa shape index (κ2) is 6.58. The van der Waals surface area contributed by atoms with Gasteiger partial charge in [0.1, 0.15) is 10.8 Å². The number of aromatic carboxylic acids is 1. The first-order chi connectivity index (χ1) is 13.4. The Morgan fingerprint density at radius 1 is 1.11 bits per heavy atom. The fourth-order valence-electron chi connectivity index (χ4n) is 3.18. The number of carboxylic acids is 1. The summed E-state index contributed by atoms with van der Waals surface area (Å²) in [4.78, 5) is 23.0. The van der Waals surface area contributed by atoms with Crippen molar-refractivity contribution < 1.29 is 24.2 Å². The third kappa shape index (κ3) is 2.75. The van der Waals surface area contributed by atoms with Crippen LogP contribution >= 0.6 is 11.6 Å². The number of aromatic hydroxyl groups is 1. The van der Waals surface area contributed by atoms with E-state index in [0.717, 1.165) is 0 Å². The average Bonchev–Trinajstić information content (AvgIpc) is 2.69. The number of hydrogen-bond acceptors (Lipinski definition) is 5. The minimum absolute atomic E-state index is 0.0454. The summed E-state index contributed by atoms with van der Waals surface area (Å²) in [7, 11) is 1.40. The second-order valence-electron chi connectivity index (χ2n) is 6.14. The van der Waals surface area contributed by atoms with Crippen LogP contribution in [0.3, 0.4) is 0 Å². The van der Waals surface area contributed by atoms with Crippen LogP contribution in [-0.4, -0.2) is 23.3 Å². The summed E-state index contributed by atoms with van der Waals surface area (Å²) < 4.78 is 11.0. The van der Waals surface area contributed by atoms with E-state index < -0.39 is 5.97 Å². The monoisotopic (exact) mass is 396 g/mol.